The summed E-state index contributed by atoms with van der Waals surface area (Å²) < 4.78 is 91.2. The van der Waals surface area contributed by atoms with E-state index in [0.717, 1.165) is 0 Å². The molecule has 0 saturated carbocycles. The number of alkyl halides is 6. The SMILES string of the molecule is O=C(c1c(C(F)(F)F)cccc1C(F)(F)F)C1CC2CCC(C1)S2=O. The van der Waals surface area contributed by atoms with E-state index >= 15 is 0 Å². The van der Waals surface area contributed by atoms with Crippen LogP contribution in [0.2, 0.25) is 0 Å². The summed E-state index contributed by atoms with van der Waals surface area (Å²) in [5.41, 5.74) is -4.43. The summed E-state index contributed by atoms with van der Waals surface area (Å²) in [4.78, 5) is 12.7. The lowest BCUT2D eigenvalue weighted by atomic mass is 9.85. The Morgan fingerprint density at radius 1 is 0.920 bits per heavy atom. The largest absolute Gasteiger partial charge is 0.417 e. The molecule has 1 aromatic carbocycles. The van der Waals surface area contributed by atoms with Crippen LogP contribution in [0.15, 0.2) is 18.2 Å². The molecule has 2 heterocycles. The first-order chi connectivity index (χ1) is 11.5. The third-order valence-corrected chi connectivity index (χ3v) is 7.03. The maximum atomic E-state index is 13.2. The molecule has 0 aromatic heterocycles. The number of rotatable bonds is 2. The van der Waals surface area contributed by atoms with Crippen molar-refractivity contribution in [3.05, 3.63) is 34.9 Å². The molecule has 1 aromatic rings. The van der Waals surface area contributed by atoms with Crippen molar-refractivity contribution in [2.24, 2.45) is 5.92 Å². The molecule has 25 heavy (non-hydrogen) atoms. The minimum absolute atomic E-state index is 0.0748. The molecule has 2 atom stereocenters. The highest BCUT2D eigenvalue weighted by atomic mass is 32.2. The van der Waals surface area contributed by atoms with Crippen molar-refractivity contribution in [3.8, 4) is 0 Å². The number of carbonyl (C=O) groups excluding carboxylic acids is 1. The molecule has 2 fully saturated rings. The molecule has 2 nitrogen and oxygen atoms in total. The van der Waals surface area contributed by atoms with E-state index in [2.05, 4.69) is 0 Å². The number of benzene rings is 1. The zero-order chi connectivity index (χ0) is 18.6. The Labute approximate surface area is 142 Å². The predicted molar refractivity (Wildman–Crippen MR) is 78.5 cm³/mol. The van der Waals surface area contributed by atoms with E-state index in [-0.39, 0.29) is 23.3 Å². The van der Waals surface area contributed by atoms with E-state index in [9.17, 15) is 35.3 Å². The van der Waals surface area contributed by atoms with Gasteiger partial charge in [0.15, 0.2) is 5.78 Å². The molecule has 0 radical (unpaired) electrons. The highest BCUT2D eigenvalue weighted by Crippen LogP contribution is 2.44. The Kier molecular flexibility index (Phi) is 4.50. The molecule has 2 aliphatic heterocycles. The minimum Gasteiger partial charge on any atom is -0.294 e. The average molecular weight is 384 g/mol. The van der Waals surface area contributed by atoms with E-state index in [0.29, 0.717) is 31.0 Å². The van der Waals surface area contributed by atoms with Crippen LogP contribution in [0, 0.1) is 5.92 Å². The highest BCUT2D eigenvalue weighted by Gasteiger charge is 2.47. The second-order valence-corrected chi connectivity index (χ2v) is 8.40. The van der Waals surface area contributed by atoms with Gasteiger partial charge in [-0.15, -0.1) is 0 Å². The lowest BCUT2D eigenvalue weighted by molar-refractivity contribution is -0.143. The van der Waals surface area contributed by atoms with Crippen LogP contribution in [0.1, 0.15) is 47.2 Å². The van der Waals surface area contributed by atoms with Gasteiger partial charge in [0.2, 0.25) is 0 Å². The summed E-state index contributed by atoms with van der Waals surface area (Å²) in [5, 5.41) is -0.639. The predicted octanol–water partition coefficient (Wildman–Crippen LogP) is 4.60. The monoisotopic (exact) mass is 384 g/mol. The summed E-state index contributed by atoms with van der Waals surface area (Å²) in [6, 6.07) is 1.65. The van der Waals surface area contributed by atoms with Crippen LogP contribution in [-0.2, 0) is 23.2 Å². The quantitative estimate of drug-likeness (QED) is 0.552. The third kappa shape index (κ3) is 3.35. The van der Waals surface area contributed by atoms with Gasteiger partial charge >= 0.3 is 12.4 Å². The first kappa shape index (κ1) is 18.4. The standard InChI is InChI=1S/C16H14F6O2S/c17-15(18,19)11-2-1-3-12(16(20,21)22)13(11)14(23)8-6-9-4-5-10(7-8)25(9)24/h1-3,8-10H,4-7H2. The molecule has 0 amide bonds. The average Bonchev–Trinajstić information content (AvgIpc) is 2.73. The van der Waals surface area contributed by atoms with Crippen molar-refractivity contribution < 1.29 is 35.3 Å². The number of hydrogen-bond acceptors (Lipinski definition) is 2. The first-order valence-electron chi connectivity index (χ1n) is 7.71. The van der Waals surface area contributed by atoms with Crippen LogP contribution < -0.4 is 0 Å². The van der Waals surface area contributed by atoms with Crippen molar-refractivity contribution in [2.45, 2.75) is 48.5 Å². The van der Waals surface area contributed by atoms with Crippen LogP contribution in [-0.4, -0.2) is 20.5 Å². The minimum atomic E-state index is -5.07. The Morgan fingerprint density at radius 3 is 1.76 bits per heavy atom. The molecule has 3 rings (SSSR count). The molecule has 2 bridgehead atoms. The van der Waals surface area contributed by atoms with Crippen LogP contribution in [0.3, 0.4) is 0 Å². The van der Waals surface area contributed by atoms with Crippen molar-refractivity contribution in [1.82, 2.24) is 0 Å². The Hall–Kier alpha value is -1.38. The summed E-state index contributed by atoms with van der Waals surface area (Å²) in [6.07, 6.45) is -8.80. The normalized spacial score (nSPS) is 29.7. The lowest BCUT2D eigenvalue weighted by Gasteiger charge is -2.28. The Morgan fingerprint density at radius 2 is 1.36 bits per heavy atom. The fraction of sp³-hybridized carbons (Fsp3) is 0.562. The smallest absolute Gasteiger partial charge is 0.294 e. The van der Waals surface area contributed by atoms with Gasteiger partial charge in [-0.05, 0) is 37.8 Å². The van der Waals surface area contributed by atoms with Crippen molar-refractivity contribution in [2.75, 3.05) is 0 Å². The summed E-state index contributed by atoms with van der Waals surface area (Å²) in [7, 11) is -1.15. The molecule has 2 unspecified atom stereocenters. The molecule has 0 spiro atoms. The topological polar surface area (TPSA) is 34.1 Å². The van der Waals surface area contributed by atoms with Crippen LogP contribution in [0.25, 0.3) is 0 Å². The summed E-state index contributed by atoms with van der Waals surface area (Å²) in [5.74, 6) is -2.10. The van der Waals surface area contributed by atoms with Gasteiger partial charge in [0.1, 0.15) is 0 Å². The van der Waals surface area contributed by atoms with Gasteiger partial charge in [-0.2, -0.15) is 26.3 Å². The molecule has 9 heteroatoms. The molecular formula is C16H14F6O2S. The fourth-order valence-corrected chi connectivity index (χ4v) is 5.87. The van der Waals surface area contributed by atoms with Gasteiger partial charge in [0.05, 0.1) is 11.1 Å². The molecule has 2 aliphatic rings. The maximum Gasteiger partial charge on any atom is 0.417 e. The second-order valence-electron chi connectivity index (χ2n) is 6.41. The number of carbonyl (C=O) groups is 1. The molecule has 138 valence electrons. The van der Waals surface area contributed by atoms with Gasteiger partial charge < -0.3 is 0 Å². The van der Waals surface area contributed by atoms with Gasteiger partial charge in [-0.25, -0.2) is 0 Å². The summed E-state index contributed by atoms with van der Waals surface area (Å²) >= 11 is 0. The van der Waals surface area contributed by atoms with Crippen LogP contribution in [0.4, 0.5) is 26.3 Å². The summed E-state index contributed by atoms with van der Waals surface area (Å²) in [6.45, 7) is 0. The van der Waals surface area contributed by atoms with Gasteiger partial charge in [-0.1, -0.05) is 6.07 Å². The van der Waals surface area contributed by atoms with E-state index in [1.54, 1.807) is 0 Å². The van der Waals surface area contributed by atoms with E-state index in [1.165, 1.54) is 0 Å². The van der Waals surface area contributed by atoms with Crippen molar-refractivity contribution >= 4 is 16.6 Å². The van der Waals surface area contributed by atoms with Crippen molar-refractivity contribution in [1.29, 1.82) is 0 Å². The maximum absolute atomic E-state index is 13.2. The van der Waals surface area contributed by atoms with E-state index in [4.69, 9.17) is 0 Å². The third-order valence-electron chi connectivity index (χ3n) is 4.85. The van der Waals surface area contributed by atoms with Gasteiger partial charge in [0.25, 0.3) is 0 Å². The van der Waals surface area contributed by atoms with E-state index < -0.39 is 51.5 Å². The zero-order valence-corrected chi connectivity index (χ0v) is 13.6. The highest BCUT2D eigenvalue weighted by molar-refractivity contribution is 7.86. The Bertz CT molecular complexity index is 676. The number of hydrogen-bond donors (Lipinski definition) is 0. The van der Waals surface area contributed by atoms with E-state index in [1.807, 2.05) is 0 Å². The fourth-order valence-electron chi connectivity index (χ4n) is 3.74. The zero-order valence-electron chi connectivity index (χ0n) is 12.8. The van der Waals surface area contributed by atoms with Gasteiger partial charge in [0, 0.05) is 32.8 Å². The van der Waals surface area contributed by atoms with Crippen LogP contribution >= 0.6 is 0 Å². The van der Waals surface area contributed by atoms with Gasteiger partial charge in [-0.3, -0.25) is 9.00 Å². The molecule has 0 aliphatic carbocycles. The molecule has 2 saturated heterocycles. The van der Waals surface area contributed by atoms with Crippen LogP contribution in [0.5, 0.6) is 0 Å². The number of halogens is 6. The first-order valence-corrected chi connectivity index (χ1v) is 8.98. The Balaban J connectivity index is 2.06. The molecular weight excluding hydrogens is 370 g/mol. The lowest BCUT2D eigenvalue weighted by Crippen LogP contribution is -2.34. The number of fused-ring (bicyclic) bond motifs is 2. The molecule has 0 N–H and O–H groups in total. The number of ketones is 1. The van der Waals surface area contributed by atoms with Crippen molar-refractivity contribution in [3.63, 3.8) is 0 Å². The number of Topliss-reactive ketones (excluding diaryl/α,β-unsaturated/α-hetero) is 1. The second kappa shape index (κ2) is 6.10.